The number of aliphatic carboxylic acids is 1. The van der Waals surface area contributed by atoms with Crippen LogP contribution >= 0.6 is 0 Å². The summed E-state index contributed by atoms with van der Waals surface area (Å²) in [6.45, 7) is 1.74. The van der Waals surface area contributed by atoms with E-state index in [-0.39, 0.29) is 29.4 Å². The molecule has 2 aromatic rings. The first-order valence-electron chi connectivity index (χ1n) is 11.3. The van der Waals surface area contributed by atoms with Crippen molar-refractivity contribution in [1.29, 1.82) is 0 Å². The van der Waals surface area contributed by atoms with Crippen molar-refractivity contribution in [2.75, 3.05) is 46.7 Å². The molecule has 0 spiro atoms. The van der Waals surface area contributed by atoms with Crippen molar-refractivity contribution in [3.8, 4) is 5.75 Å². The number of methoxy groups -OCH3 is 1. The highest BCUT2D eigenvalue weighted by atomic mass is 32.2. The molecular formula is C25H32N2O7S. The summed E-state index contributed by atoms with van der Waals surface area (Å²) in [4.78, 5) is 28.3. The zero-order chi connectivity index (χ0) is 25.6. The lowest BCUT2D eigenvalue weighted by molar-refractivity contribution is -0.139. The molecule has 9 nitrogen and oxygen atoms in total. The molecule has 190 valence electrons. The Bertz CT molecular complexity index is 1130. The van der Waals surface area contributed by atoms with Crippen molar-refractivity contribution < 1.29 is 32.6 Å². The SMILES string of the molecule is COC1CCN(CC(c2cccc(OCC(=O)O)c2)N(C)C(=O)Cc2ccc(S(C)(=O)=O)cc2)C1. The van der Waals surface area contributed by atoms with Crippen molar-refractivity contribution in [1.82, 2.24) is 9.80 Å². The molecule has 1 saturated heterocycles. The number of nitrogens with zero attached hydrogens (tertiary/aromatic N) is 2. The number of carboxylic acids is 1. The van der Waals surface area contributed by atoms with Crippen LogP contribution in [0.15, 0.2) is 53.4 Å². The van der Waals surface area contributed by atoms with Gasteiger partial charge in [0.05, 0.1) is 23.5 Å². The Morgan fingerprint density at radius 1 is 1.20 bits per heavy atom. The van der Waals surface area contributed by atoms with E-state index >= 15 is 0 Å². The summed E-state index contributed by atoms with van der Waals surface area (Å²) in [5.41, 5.74) is 1.55. The van der Waals surface area contributed by atoms with Gasteiger partial charge in [-0.05, 0) is 41.8 Å². The van der Waals surface area contributed by atoms with Crippen LogP contribution < -0.4 is 4.74 Å². The Morgan fingerprint density at radius 2 is 1.91 bits per heavy atom. The highest BCUT2D eigenvalue weighted by Crippen LogP contribution is 2.27. The minimum atomic E-state index is -3.31. The van der Waals surface area contributed by atoms with Gasteiger partial charge in [0.15, 0.2) is 16.4 Å². The molecule has 0 aliphatic carbocycles. The Kier molecular flexibility index (Phi) is 8.87. The number of carbonyl (C=O) groups excluding carboxylic acids is 1. The third-order valence-electron chi connectivity index (χ3n) is 6.17. The normalized spacial score (nSPS) is 17.2. The molecule has 0 aromatic heterocycles. The number of amides is 1. The molecule has 1 fully saturated rings. The average Bonchev–Trinajstić information content (AvgIpc) is 3.28. The first kappa shape index (κ1) is 26.7. The number of rotatable bonds is 11. The smallest absolute Gasteiger partial charge is 0.341 e. The van der Waals surface area contributed by atoms with Crippen LogP contribution in [0.2, 0.25) is 0 Å². The molecule has 35 heavy (non-hydrogen) atoms. The molecule has 0 radical (unpaired) electrons. The second kappa shape index (κ2) is 11.7. The minimum absolute atomic E-state index is 0.118. The maximum Gasteiger partial charge on any atom is 0.341 e. The predicted octanol–water partition coefficient (Wildman–Crippen LogP) is 2.02. The minimum Gasteiger partial charge on any atom is -0.482 e. The van der Waals surface area contributed by atoms with Crippen molar-refractivity contribution in [2.24, 2.45) is 0 Å². The van der Waals surface area contributed by atoms with Gasteiger partial charge in [-0.2, -0.15) is 0 Å². The molecule has 0 saturated carbocycles. The Hall–Kier alpha value is -2.95. The average molecular weight is 505 g/mol. The number of hydrogen-bond acceptors (Lipinski definition) is 7. The number of likely N-dealkylation sites (N-methyl/N-ethyl adjacent to an activating group) is 1. The molecule has 2 unspecified atom stereocenters. The number of sulfone groups is 1. The van der Waals surface area contributed by atoms with Crippen LogP contribution in [0.1, 0.15) is 23.6 Å². The van der Waals surface area contributed by atoms with E-state index in [2.05, 4.69) is 4.90 Å². The van der Waals surface area contributed by atoms with Gasteiger partial charge in [0.25, 0.3) is 0 Å². The summed E-state index contributed by atoms with van der Waals surface area (Å²) >= 11 is 0. The second-order valence-corrected chi connectivity index (χ2v) is 10.8. The molecule has 0 bridgehead atoms. The lowest BCUT2D eigenvalue weighted by atomic mass is 10.0. The van der Waals surface area contributed by atoms with Gasteiger partial charge in [0.2, 0.25) is 5.91 Å². The van der Waals surface area contributed by atoms with E-state index in [0.717, 1.165) is 31.3 Å². The fraction of sp³-hybridized carbons (Fsp3) is 0.440. The highest BCUT2D eigenvalue weighted by Gasteiger charge is 2.29. The Labute approximate surface area is 206 Å². The largest absolute Gasteiger partial charge is 0.482 e. The predicted molar refractivity (Wildman–Crippen MR) is 130 cm³/mol. The number of hydrogen-bond donors (Lipinski definition) is 1. The fourth-order valence-electron chi connectivity index (χ4n) is 4.14. The van der Waals surface area contributed by atoms with Crippen LogP contribution in [-0.2, 0) is 30.6 Å². The van der Waals surface area contributed by atoms with Crippen molar-refractivity contribution >= 4 is 21.7 Å². The maximum atomic E-state index is 13.3. The van der Waals surface area contributed by atoms with Crippen LogP contribution in [0.3, 0.4) is 0 Å². The third kappa shape index (κ3) is 7.51. The number of carboxylic acid groups (broad SMARTS) is 1. The standard InChI is InChI=1S/C25H32N2O7S/c1-26(24(28)13-18-7-9-22(10-8-18)35(3,31)32)23(16-27-12-11-21(15-27)33-2)19-5-4-6-20(14-19)34-17-25(29)30/h4-10,14,21,23H,11-13,15-17H2,1-3H3,(H,29,30). The molecule has 10 heteroatoms. The van der Waals surface area contributed by atoms with E-state index in [0.29, 0.717) is 17.9 Å². The van der Waals surface area contributed by atoms with Crippen LogP contribution in [0.25, 0.3) is 0 Å². The van der Waals surface area contributed by atoms with Gasteiger partial charge in [-0.15, -0.1) is 0 Å². The van der Waals surface area contributed by atoms with Crippen LogP contribution in [0.4, 0.5) is 0 Å². The van der Waals surface area contributed by atoms with Crippen LogP contribution in [-0.4, -0.2) is 88.0 Å². The lowest BCUT2D eigenvalue weighted by Crippen LogP contribution is -2.39. The zero-order valence-corrected chi connectivity index (χ0v) is 21.0. The van der Waals surface area contributed by atoms with E-state index in [4.69, 9.17) is 14.6 Å². The Balaban J connectivity index is 1.80. The topological polar surface area (TPSA) is 113 Å². The summed E-state index contributed by atoms with van der Waals surface area (Å²) in [5, 5.41) is 8.92. The first-order chi connectivity index (χ1) is 16.6. The highest BCUT2D eigenvalue weighted by molar-refractivity contribution is 7.90. The van der Waals surface area contributed by atoms with Crippen molar-refractivity contribution in [2.45, 2.75) is 29.9 Å². The molecule has 1 aliphatic heterocycles. The molecule has 1 aliphatic rings. The second-order valence-electron chi connectivity index (χ2n) is 8.77. The molecule has 1 amide bonds. The van der Waals surface area contributed by atoms with E-state index in [9.17, 15) is 18.0 Å². The summed E-state index contributed by atoms with van der Waals surface area (Å²) in [6.07, 6.45) is 2.32. The monoisotopic (exact) mass is 504 g/mol. The van der Waals surface area contributed by atoms with E-state index in [1.54, 1.807) is 49.4 Å². The van der Waals surface area contributed by atoms with Crippen LogP contribution in [0.5, 0.6) is 5.75 Å². The summed E-state index contributed by atoms with van der Waals surface area (Å²) in [5.74, 6) is -0.770. The van der Waals surface area contributed by atoms with Gasteiger partial charge in [-0.25, -0.2) is 13.2 Å². The van der Waals surface area contributed by atoms with Crippen LogP contribution in [0, 0.1) is 0 Å². The summed E-state index contributed by atoms with van der Waals surface area (Å²) < 4.78 is 34.3. The number of benzene rings is 2. The van der Waals surface area contributed by atoms with Crippen molar-refractivity contribution in [3.63, 3.8) is 0 Å². The third-order valence-corrected chi connectivity index (χ3v) is 7.30. The summed E-state index contributed by atoms with van der Waals surface area (Å²) in [6, 6.07) is 13.1. The maximum absolute atomic E-state index is 13.3. The van der Waals surface area contributed by atoms with Gasteiger partial charge in [-0.3, -0.25) is 9.69 Å². The van der Waals surface area contributed by atoms with Gasteiger partial charge in [0.1, 0.15) is 5.75 Å². The van der Waals surface area contributed by atoms with Gasteiger partial charge < -0.3 is 19.5 Å². The van der Waals surface area contributed by atoms with Crippen molar-refractivity contribution in [3.05, 3.63) is 59.7 Å². The van der Waals surface area contributed by atoms with Gasteiger partial charge in [0, 0.05) is 40.0 Å². The lowest BCUT2D eigenvalue weighted by Gasteiger charge is -2.32. The molecule has 2 aromatic carbocycles. The number of carbonyl (C=O) groups is 2. The van der Waals surface area contributed by atoms with E-state index in [1.807, 2.05) is 6.07 Å². The molecule has 1 heterocycles. The molecular weight excluding hydrogens is 472 g/mol. The molecule has 3 rings (SSSR count). The fourth-order valence-corrected chi connectivity index (χ4v) is 4.77. The van der Waals surface area contributed by atoms with E-state index in [1.165, 1.54) is 12.1 Å². The first-order valence-corrected chi connectivity index (χ1v) is 13.2. The number of likely N-dealkylation sites (tertiary alicyclic amines) is 1. The van der Waals surface area contributed by atoms with Gasteiger partial charge >= 0.3 is 5.97 Å². The number of ether oxygens (including phenoxy) is 2. The Morgan fingerprint density at radius 3 is 2.51 bits per heavy atom. The molecule has 2 atom stereocenters. The van der Waals surface area contributed by atoms with Gasteiger partial charge in [-0.1, -0.05) is 24.3 Å². The van der Waals surface area contributed by atoms with E-state index < -0.39 is 22.4 Å². The quantitative estimate of drug-likeness (QED) is 0.495. The zero-order valence-electron chi connectivity index (χ0n) is 20.2. The summed E-state index contributed by atoms with van der Waals surface area (Å²) in [7, 11) is 0.129. The molecule has 1 N–H and O–H groups in total.